The number of urea groups is 1. The average molecular weight is 286 g/mol. The SMILES string of the molecule is C#CCC(NC(=O)NC(CCC(=O)O)C(=O)O)C(=O)O. The van der Waals surface area contributed by atoms with Crippen LogP contribution in [0.3, 0.4) is 0 Å². The molecule has 20 heavy (non-hydrogen) atoms. The number of carboxylic acid groups (broad SMARTS) is 3. The smallest absolute Gasteiger partial charge is 0.327 e. The van der Waals surface area contributed by atoms with E-state index in [1.807, 2.05) is 10.6 Å². The number of carbonyl (C=O) groups is 4. The zero-order valence-electron chi connectivity index (χ0n) is 10.3. The highest BCUT2D eigenvalue weighted by molar-refractivity contribution is 5.86. The Morgan fingerprint density at radius 3 is 1.90 bits per heavy atom. The first-order chi connectivity index (χ1) is 9.27. The molecule has 0 heterocycles. The number of rotatable bonds is 8. The molecule has 0 aliphatic heterocycles. The molecule has 2 unspecified atom stereocenters. The second-order valence-electron chi connectivity index (χ2n) is 3.74. The molecule has 0 saturated carbocycles. The van der Waals surface area contributed by atoms with Gasteiger partial charge >= 0.3 is 23.9 Å². The fraction of sp³-hybridized carbons (Fsp3) is 0.455. The van der Waals surface area contributed by atoms with E-state index >= 15 is 0 Å². The van der Waals surface area contributed by atoms with Gasteiger partial charge in [0.25, 0.3) is 0 Å². The van der Waals surface area contributed by atoms with E-state index in [1.54, 1.807) is 0 Å². The molecule has 0 spiro atoms. The van der Waals surface area contributed by atoms with Crippen LogP contribution in [-0.2, 0) is 14.4 Å². The summed E-state index contributed by atoms with van der Waals surface area (Å²) in [6, 6.07) is -3.84. The first-order valence-corrected chi connectivity index (χ1v) is 5.45. The molecule has 0 fully saturated rings. The molecule has 2 atom stereocenters. The van der Waals surface area contributed by atoms with Crippen LogP contribution in [0.5, 0.6) is 0 Å². The van der Waals surface area contributed by atoms with Crippen molar-refractivity contribution in [1.82, 2.24) is 10.6 Å². The van der Waals surface area contributed by atoms with Gasteiger partial charge in [-0.25, -0.2) is 14.4 Å². The molecule has 0 bridgehead atoms. The first kappa shape index (κ1) is 17.2. The Balaban J connectivity index is 4.52. The van der Waals surface area contributed by atoms with Gasteiger partial charge in [-0.3, -0.25) is 4.79 Å². The molecule has 0 radical (unpaired) electrons. The van der Waals surface area contributed by atoms with E-state index in [0.717, 1.165) is 0 Å². The maximum Gasteiger partial charge on any atom is 0.327 e. The molecule has 0 aromatic heterocycles. The summed E-state index contributed by atoms with van der Waals surface area (Å²) in [5.74, 6) is -1.95. The summed E-state index contributed by atoms with van der Waals surface area (Å²) in [7, 11) is 0. The van der Waals surface area contributed by atoms with Crippen molar-refractivity contribution in [2.45, 2.75) is 31.3 Å². The predicted octanol–water partition coefficient (Wildman–Crippen LogP) is -0.920. The molecular formula is C11H14N2O7. The maximum absolute atomic E-state index is 11.4. The predicted molar refractivity (Wildman–Crippen MR) is 64.8 cm³/mol. The third kappa shape index (κ3) is 6.85. The Kier molecular flexibility index (Phi) is 7.21. The zero-order valence-corrected chi connectivity index (χ0v) is 10.3. The van der Waals surface area contributed by atoms with E-state index in [1.165, 1.54) is 0 Å². The average Bonchev–Trinajstić information content (AvgIpc) is 2.33. The summed E-state index contributed by atoms with van der Waals surface area (Å²) in [6.07, 6.45) is 3.88. The molecule has 9 heteroatoms. The highest BCUT2D eigenvalue weighted by Crippen LogP contribution is 1.99. The van der Waals surface area contributed by atoms with E-state index in [9.17, 15) is 19.2 Å². The third-order valence-electron chi connectivity index (χ3n) is 2.18. The quantitative estimate of drug-likeness (QED) is 0.361. The molecule has 0 aliphatic carbocycles. The van der Waals surface area contributed by atoms with Crippen LogP contribution in [0.25, 0.3) is 0 Å². The number of carboxylic acids is 3. The standard InChI is InChI=1S/C11H14N2O7/c1-2-3-6(9(16)17)12-11(20)13-7(10(18)19)4-5-8(14)15/h1,6-7H,3-5H2,(H,14,15)(H,16,17)(H,18,19)(H2,12,13,20). The molecule has 0 aromatic rings. The Morgan fingerprint density at radius 1 is 1.00 bits per heavy atom. The second-order valence-corrected chi connectivity index (χ2v) is 3.74. The van der Waals surface area contributed by atoms with Crippen LogP contribution < -0.4 is 10.6 Å². The minimum atomic E-state index is -1.44. The highest BCUT2D eigenvalue weighted by Gasteiger charge is 2.24. The number of nitrogens with one attached hydrogen (secondary N) is 2. The number of aliphatic carboxylic acids is 3. The van der Waals surface area contributed by atoms with Gasteiger partial charge in [-0.05, 0) is 6.42 Å². The summed E-state index contributed by atoms with van der Waals surface area (Å²) in [5.41, 5.74) is 0. The lowest BCUT2D eigenvalue weighted by molar-refractivity contribution is -0.140. The van der Waals surface area contributed by atoms with Crippen molar-refractivity contribution < 1.29 is 34.5 Å². The van der Waals surface area contributed by atoms with Crippen molar-refractivity contribution in [2.24, 2.45) is 0 Å². The topological polar surface area (TPSA) is 153 Å². The molecule has 0 aliphatic rings. The van der Waals surface area contributed by atoms with Crippen molar-refractivity contribution >= 4 is 23.9 Å². The molecule has 9 nitrogen and oxygen atoms in total. The Bertz CT molecular complexity index is 441. The lowest BCUT2D eigenvalue weighted by atomic mass is 10.1. The highest BCUT2D eigenvalue weighted by atomic mass is 16.4. The van der Waals surface area contributed by atoms with Crippen LogP contribution in [0.15, 0.2) is 0 Å². The zero-order chi connectivity index (χ0) is 15.7. The molecule has 0 saturated heterocycles. The van der Waals surface area contributed by atoms with Crippen molar-refractivity contribution in [3.8, 4) is 12.3 Å². The van der Waals surface area contributed by atoms with E-state index in [4.69, 9.17) is 21.7 Å². The van der Waals surface area contributed by atoms with Crippen molar-refractivity contribution in [1.29, 1.82) is 0 Å². The third-order valence-corrected chi connectivity index (χ3v) is 2.18. The van der Waals surface area contributed by atoms with Gasteiger partial charge in [-0.2, -0.15) is 0 Å². The van der Waals surface area contributed by atoms with Crippen molar-refractivity contribution in [3.63, 3.8) is 0 Å². The van der Waals surface area contributed by atoms with E-state index in [-0.39, 0.29) is 12.8 Å². The minimum absolute atomic E-state index is 0.268. The number of amides is 2. The largest absolute Gasteiger partial charge is 0.481 e. The van der Waals surface area contributed by atoms with Gasteiger partial charge in [0.05, 0.1) is 0 Å². The van der Waals surface area contributed by atoms with E-state index in [2.05, 4.69) is 5.92 Å². The Hall–Kier alpha value is -2.76. The Labute approximate surface area is 114 Å². The van der Waals surface area contributed by atoms with Gasteiger partial charge < -0.3 is 26.0 Å². The summed E-state index contributed by atoms with van der Waals surface area (Å²) in [6.45, 7) is 0. The summed E-state index contributed by atoms with van der Waals surface area (Å²) in [4.78, 5) is 43.3. The van der Waals surface area contributed by atoms with Gasteiger partial charge in [-0.15, -0.1) is 12.3 Å². The van der Waals surface area contributed by atoms with Crippen LogP contribution in [0.2, 0.25) is 0 Å². The van der Waals surface area contributed by atoms with E-state index < -0.39 is 42.4 Å². The normalized spacial score (nSPS) is 12.6. The van der Waals surface area contributed by atoms with Crippen molar-refractivity contribution in [3.05, 3.63) is 0 Å². The monoisotopic (exact) mass is 286 g/mol. The summed E-state index contributed by atoms with van der Waals surface area (Å²) in [5, 5.41) is 29.9. The molecular weight excluding hydrogens is 272 g/mol. The van der Waals surface area contributed by atoms with Gasteiger partial charge in [0.2, 0.25) is 0 Å². The number of carbonyl (C=O) groups excluding carboxylic acids is 1. The van der Waals surface area contributed by atoms with Crippen LogP contribution >= 0.6 is 0 Å². The molecule has 110 valence electrons. The fourth-order valence-corrected chi connectivity index (χ4v) is 1.20. The summed E-state index contributed by atoms with van der Waals surface area (Å²) >= 11 is 0. The molecule has 5 N–H and O–H groups in total. The van der Waals surface area contributed by atoms with Gasteiger partial charge in [-0.1, -0.05) is 0 Å². The van der Waals surface area contributed by atoms with Crippen molar-refractivity contribution in [2.75, 3.05) is 0 Å². The van der Waals surface area contributed by atoms with Crippen LogP contribution in [0.4, 0.5) is 4.79 Å². The maximum atomic E-state index is 11.4. The minimum Gasteiger partial charge on any atom is -0.481 e. The lowest BCUT2D eigenvalue weighted by Gasteiger charge is -2.16. The lowest BCUT2D eigenvalue weighted by Crippen LogP contribution is -2.51. The molecule has 2 amide bonds. The number of terminal acetylenes is 1. The first-order valence-electron chi connectivity index (χ1n) is 5.45. The van der Waals surface area contributed by atoms with Gasteiger partial charge in [0.1, 0.15) is 12.1 Å². The molecule has 0 aromatic carbocycles. The van der Waals surface area contributed by atoms with Crippen LogP contribution in [0.1, 0.15) is 19.3 Å². The van der Waals surface area contributed by atoms with E-state index in [0.29, 0.717) is 0 Å². The fourth-order valence-electron chi connectivity index (χ4n) is 1.20. The summed E-state index contributed by atoms with van der Waals surface area (Å²) < 4.78 is 0. The van der Waals surface area contributed by atoms with Crippen LogP contribution in [0, 0.1) is 12.3 Å². The second kappa shape index (κ2) is 8.36. The molecule has 0 rings (SSSR count). The Morgan fingerprint density at radius 2 is 1.50 bits per heavy atom. The number of hydrogen-bond acceptors (Lipinski definition) is 4. The van der Waals surface area contributed by atoms with Crippen LogP contribution in [-0.4, -0.2) is 51.3 Å². The van der Waals surface area contributed by atoms with Gasteiger partial charge in [0.15, 0.2) is 0 Å². The van der Waals surface area contributed by atoms with Gasteiger partial charge in [0, 0.05) is 12.8 Å². The number of hydrogen-bond donors (Lipinski definition) is 5.